The van der Waals surface area contributed by atoms with Crippen LogP contribution in [0.2, 0.25) is 0 Å². The van der Waals surface area contributed by atoms with E-state index in [1.54, 1.807) is 26.0 Å². The van der Waals surface area contributed by atoms with Gasteiger partial charge in [0, 0.05) is 6.54 Å². The molecule has 0 aliphatic heterocycles. The van der Waals surface area contributed by atoms with E-state index in [0.29, 0.717) is 6.54 Å². The Morgan fingerprint density at radius 1 is 1.35 bits per heavy atom. The third-order valence-corrected chi connectivity index (χ3v) is 2.55. The van der Waals surface area contributed by atoms with Crippen LogP contribution < -0.4 is 0 Å². The molecule has 0 radical (unpaired) electrons. The Kier molecular flexibility index (Phi) is 5.09. The number of rotatable bonds is 6. The van der Waals surface area contributed by atoms with E-state index < -0.39 is 5.60 Å². The van der Waals surface area contributed by atoms with E-state index >= 15 is 0 Å². The zero-order chi connectivity index (χ0) is 12.9. The molecule has 0 amide bonds. The molecule has 2 nitrogen and oxygen atoms in total. The lowest BCUT2D eigenvalue weighted by molar-refractivity contribution is 0.0444. The van der Waals surface area contributed by atoms with Crippen molar-refractivity contribution in [3.8, 4) is 0 Å². The minimum absolute atomic E-state index is 0.174. The van der Waals surface area contributed by atoms with Crippen LogP contribution >= 0.6 is 0 Å². The van der Waals surface area contributed by atoms with Gasteiger partial charge >= 0.3 is 0 Å². The molecule has 0 aliphatic rings. The summed E-state index contributed by atoms with van der Waals surface area (Å²) in [6, 6.07) is 6.73. The van der Waals surface area contributed by atoms with Crippen molar-refractivity contribution in [1.29, 1.82) is 0 Å². The number of hydrogen-bond acceptors (Lipinski definition) is 2. The van der Waals surface area contributed by atoms with Crippen molar-refractivity contribution in [1.82, 2.24) is 4.90 Å². The molecule has 0 heterocycles. The highest BCUT2D eigenvalue weighted by molar-refractivity contribution is 5.16. The summed E-state index contributed by atoms with van der Waals surface area (Å²) in [5.74, 6) is -0.174. The average Bonchev–Trinajstić information content (AvgIpc) is 2.14. The van der Waals surface area contributed by atoms with Gasteiger partial charge in [-0.1, -0.05) is 12.1 Å². The molecule has 0 saturated carbocycles. The molecule has 0 fully saturated rings. The Morgan fingerprint density at radius 3 is 2.65 bits per heavy atom. The lowest BCUT2D eigenvalue weighted by Crippen LogP contribution is -2.36. The second kappa shape index (κ2) is 6.12. The first kappa shape index (κ1) is 14.1. The topological polar surface area (TPSA) is 23.5 Å². The highest BCUT2D eigenvalue weighted by Crippen LogP contribution is 2.08. The van der Waals surface area contributed by atoms with Gasteiger partial charge in [0.2, 0.25) is 0 Å². The highest BCUT2D eigenvalue weighted by Gasteiger charge is 2.14. The third kappa shape index (κ3) is 6.39. The summed E-state index contributed by atoms with van der Waals surface area (Å²) in [5.41, 5.74) is 0.370. The summed E-state index contributed by atoms with van der Waals surface area (Å²) >= 11 is 0. The van der Waals surface area contributed by atoms with Gasteiger partial charge in [-0.05, 0) is 58.0 Å². The van der Waals surface area contributed by atoms with Crippen LogP contribution in [-0.2, 0) is 6.42 Å². The van der Waals surface area contributed by atoms with Gasteiger partial charge in [0.15, 0.2) is 0 Å². The average molecular weight is 239 g/mol. The van der Waals surface area contributed by atoms with Crippen LogP contribution in [0.25, 0.3) is 0 Å². The van der Waals surface area contributed by atoms with E-state index in [4.69, 9.17) is 0 Å². The van der Waals surface area contributed by atoms with Crippen LogP contribution in [0.5, 0.6) is 0 Å². The molecule has 0 aromatic heterocycles. The number of benzene rings is 1. The molecular formula is C14H22FNO. The molecule has 0 bridgehead atoms. The normalized spacial score (nSPS) is 12.1. The van der Waals surface area contributed by atoms with Gasteiger partial charge in [-0.3, -0.25) is 0 Å². The molecule has 0 atom stereocenters. The molecular weight excluding hydrogens is 217 g/mol. The number of halogens is 1. The lowest BCUT2D eigenvalue weighted by Gasteiger charge is -2.25. The number of aryl methyl sites for hydroxylation is 1. The number of aliphatic hydroxyl groups is 1. The van der Waals surface area contributed by atoms with Crippen molar-refractivity contribution in [3.63, 3.8) is 0 Å². The van der Waals surface area contributed by atoms with Crippen molar-refractivity contribution in [2.24, 2.45) is 0 Å². The molecule has 1 rings (SSSR count). The molecule has 0 aliphatic carbocycles. The summed E-state index contributed by atoms with van der Waals surface area (Å²) in [6.07, 6.45) is 1.84. The van der Waals surface area contributed by atoms with Crippen molar-refractivity contribution < 1.29 is 9.50 Å². The Balaban J connectivity index is 2.28. The summed E-state index contributed by atoms with van der Waals surface area (Å²) in [6.45, 7) is 5.16. The molecule has 1 N–H and O–H groups in total. The van der Waals surface area contributed by atoms with Gasteiger partial charge in [0.25, 0.3) is 0 Å². The summed E-state index contributed by atoms with van der Waals surface area (Å²) < 4.78 is 12.9. The fourth-order valence-corrected chi connectivity index (χ4v) is 1.99. The maximum absolute atomic E-state index is 12.9. The molecule has 0 spiro atoms. The molecule has 1 aromatic rings. The van der Waals surface area contributed by atoms with E-state index in [2.05, 4.69) is 4.90 Å². The lowest BCUT2D eigenvalue weighted by atomic mass is 10.1. The fraction of sp³-hybridized carbons (Fsp3) is 0.571. The Labute approximate surface area is 103 Å². The van der Waals surface area contributed by atoms with Crippen LogP contribution in [0.3, 0.4) is 0 Å². The van der Waals surface area contributed by atoms with Crippen molar-refractivity contribution >= 4 is 0 Å². The first-order chi connectivity index (χ1) is 7.87. The summed E-state index contributed by atoms with van der Waals surface area (Å²) in [5, 5.41) is 9.65. The predicted octanol–water partition coefficient (Wildman–Crippen LogP) is 2.46. The minimum Gasteiger partial charge on any atom is -0.389 e. The van der Waals surface area contributed by atoms with Crippen LogP contribution in [0.15, 0.2) is 24.3 Å². The zero-order valence-corrected chi connectivity index (χ0v) is 10.9. The molecule has 17 heavy (non-hydrogen) atoms. The van der Waals surface area contributed by atoms with E-state index in [1.165, 1.54) is 6.07 Å². The largest absolute Gasteiger partial charge is 0.389 e. The second-order valence-corrected chi connectivity index (χ2v) is 5.28. The molecule has 0 saturated heterocycles. The van der Waals surface area contributed by atoms with Crippen LogP contribution in [0, 0.1) is 5.82 Å². The Bertz CT molecular complexity index is 346. The zero-order valence-electron chi connectivity index (χ0n) is 10.9. The SMILES string of the molecule is CN(CCCc1cccc(F)c1)CC(C)(C)O. The van der Waals surface area contributed by atoms with Crippen LogP contribution in [0.1, 0.15) is 25.8 Å². The minimum atomic E-state index is -0.659. The highest BCUT2D eigenvalue weighted by atomic mass is 19.1. The van der Waals surface area contributed by atoms with Gasteiger partial charge in [-0.2, -0.15) is 0 Å². The van der Waals surface area contributed by atoms with Gasteiger partial charge in [0.05, 0.1) is 5.60 Å². The molecule has 3 heteroatoms. The molecule has 1 aromatic carbocycles. The standard InChI is InChI=1S/C14H22FNO/c1-14(2,17)11-16(3)9-5-7-12-6-4-8-13(15)10-12/h4,6,8,10,17H,5,7,9,11H2,1-3H3. The maximum Gasteiger partial charge on any atom is 0.123 e. The molecule has 0 unspecified atom stereocenters. The molecule has 96 valence electrons. The smallest absolute Gasteiger partial charge is 0.123 e. The summed E-state index contributed by atoms with van der Waals surface area (Å²) in [7, 11) is 1.99. The van der Waals surface area contributed by atoms with E-state index in [0.717, 1.165) is 24.9 Å². The third-order valence-electron chi connectivity index (χ3n) is 2.55. The first-order valence-electron chi connectivity index (χ1n) is 6.02. The Morgan fingerprint density at radius 2 is 2.06 bits per heavy atom. The van der Waals surface area contributed by atoms with Crippen molar-refractivity contribution in [2.45, 2.75) is 32.3 Å². The van der Waals surface area contributed by atoms with Crippen molar-refractivity contribution in [3.05, 3.63) is 35.6 Å². The van der Waals surface area contributed by atoms with Crippen LogP contribution in [0.4, 0.5) is 4.39 Å². The van der Waals surface area contributed by atoms with Gasteiger partial charge in [0.1, 0.15) is 5.82 Å². The Hall–Kier alpha value is -0.930. The summed E-state index contributed by atoms with van der Waals surface area (Å²) in [4.78, 5) is 2.10. The van der Waals surface area contributed by atoms with Gasteiger partial charge in [-0.25, -0.2) is 4.39 Å². The second-order valence-electron chi connectivity index (χ2n) is 5.28. The number of hydrogen-bond donors (Lipinski definition) is 1. The van der Waals surface area contributed by atoms with E-state index in [9.17, 15) is 9.50 Å². The monoisotopic (exact) mass is 239 g/mol. The first-order valence-corrected chi connectivity index (χ1v) is 6.02. The maximum atomic E-state index is 12.9. The number of likely N-dealkylation sites (N-methyl/N-ethyl adjacent to an activating group) is 1. The van der Waals surface area contributed by atoms with Gasteiger partial charge < -0.3 is 10.0 Å². The van der Waals surface area contributed by atoms with E-state index in [1.807, 2.05) is 13.1 Å². The van der Waals surface area contributed by atoms with Gasteiger partial charge in [-0.15, -0.1) is 0 Å². The van der Waals surface area contributed by atoms with Crippen LogP contribution in [-0.4, -0.2) is 35.7 Å². The fourth-order valence-electron chi connectivity index (χ4n) is 1.99. The number of nitrogens with zero attached hydrogens (tertiary/aromatic N) is 1. The van der Waals surface area contributed by atoms with Crippen molar-refractivity contribution in [2.75, 3.05) is 20.1 Å². The quantitative estimate of drug-likeness (QED) is 0.824. The van der Waals surface area contributed by atoms with E-state index in [-0.39, 0.29) is 5.82 Å². The predicted molar refractivity (Wildman–Crippen MR) is 68.5 cm³/mol.